The third-order valence-electron chi connectivity index (χ3n) is 3.80. The third-order valence-corrected chi connectivity index (χ3v) is 3.80. The molecule has 0 fully saturated rings. The van der Waals surface area contributed by atoms with Crippen molar-refractivity contribution in [1.82, 2.24) is 0 Å². The Balaban J connectivity index is 2.71. The third kappa shape index (κ3) is 4.00. The Kier molecular flexibility index (Phi) is 6.69. The number of benzene rings is 2. The van der Waals surface area contributed by atoms with E-state index in [0.717, 1.165) is 0 Å². The molecule has 0 aromatic heterocycles. The monoisotopic (exact) mass is 350 g/mol. The average molecular weight is 350 g/mol. The predicted octanol–water partition coefficient (Wildman–Crippen LogP) is 2.76. The fourth-order valence-corrected chi connectivity index (χ4v) is 2.47. The van der Waals surface area contributed by atoms with Crippen LogP contribution in [0.25, 0.3) is 0 Å². The van der Waals surface area contributed by atoms with Crippen LogP contribution in [0.3, 0.4) is 0 Å². The van der Waals surface area contributed by atoms with Crippen molar-refractivity contribution in [3.8, 4) is 24.1 Å². The van der Waals surface area contributed by atoms with Gasteiger partial charge in [-0.2, -0.15) is 0 Å². The molecule has 4 nitrogen and oxygen atoms in total. The molecule has 0 radical (unpaired) electrons. The second-order valence-electron chi connectivity index (χ2n) is 5.47. The molecule has 0 aliphatic heterocycles. The topological polar surface area (TPSA) is 58.9 Å². The molecular formula is C22H22O4. The molecule has 2 aromatic carbocycles. The van der Waals surface area contributed by atoms with E-state index >= 15 is 0 Å². The maximum atomic E-state index is 11.5. The lowest BCUT2D eigenvalue weighted by molar-refractivity contribution is -0.0899. The predicted molar refractivity (Wildman–Crippen MR) is 99.5 cm³/mol. The molecule has 0 aliphatic carbocycles. The first-order valence-corrected chi connectivity index (χ1v) is 8.42. The standard InChI is InChI=1S/C22H22O4/c1-3-25-17-15-21(23,19-11-7-5-8-12-19)22(24,16-18-26-4-2)20-13-9-6-10-14-20/h5-14,23-24H,3-4H2,1-2H3. The fraction of sp³-hybridized carbons (Fsp3) is 0.273. The van der Waals surface area contributed by atoms with Crippen molar-refractivity contribution in [3.05, 3.63) is 71.8 Å². The van der Waals surface area contributed by atoms with Crippen LogP contribution >= 0.6 is 0 Å². The number of hydrogen-bond acceptors (Lipinski definition) is 4. The van der Waals surface area contributed by atoms with Crippen LogP contribution in [0, 0.1) is 24.1 Å². The van der Waals surface area contributed by atoms with E-state index in [9.17, 15) is 10.2 Å². The van der Waals surface area contributed by atoms with E-state index in [-0.39, 0.29) is 0 Å². The second-order valence-corrected chi connectivity index (χ2v) is 5.47. The van der Waals surface area contributed by atoms with Crippen LogP contribution in [-0.4, -0.2) is 23.4 Å². The van der Waals surface area contributed by atoms with Gasteiger partial charge in [0.15, 0.2) is 11.2 Å². The van der Waals surface area contributed by atoms with Crippen LogP contribution in [0.1, 0.15) is 25.0 Å². The molecule has 2 atom stereocenters. The lowest BCUT2D eigenvalue weighted by Gasteiger charge is -2.36. The molecule has 4 heteroatoms. The van der Waals surface area contributed by atoms with Gasteiger partial charge in [-0.3, -0.25) is 0 Å². The van der Waals surface area contributed by atoms with Crippen LogP contribution < -0.4 is 0 Å². The quantitative estimate of drug-likeness (QED) is 0.814. The van der Waals surface area contributed by atoms with Crippen LogP contribution in [0.2, 0.25) is 0 Å². The molecule has 0 saturated heterocycles. The summed E-state index contributed by atoms with van der Waals surface area (Å²) in [5.41, 5.74) is -3.28. The van der Waals surface area contributed by atoms with Gasteiger partial charge < -0.3 is 19.7 Å². The molecule has 26 heavy (non-hydrogen) atoms. The van der Waals surface area contributed by atoms with Gasteiger partial charge in [-0.05, 0) is 25.7 Å². The Morgan fingerprint density at radius 1 is 0.692 bits per heavy atom. The number of hydrogen-bond donors (Lipinski definition) is 2. The van der Waals surface area contributed by atoms with Gasteiger partial charge >= 0.3 is 0 Å². The maximum Gasteiger partial charge on any atom is 0.199 e. The van der Waals surface area contributed by atoms with E-state index in [4.69, 9.17) is 9.47 Å². The highest BCUT2D eigenvalue weighted by Gasteiger charge is 2.51. The molecular weight excluding hydrogens is 328 g/mol. The van der Waals surface area contributed by atoms with Crippen molar-refractivity contribution < 1.29 is 19.7 Å². The van der Waals surface area contributed by atoms with E-state index in [2.05, 4.69) is 24.1 Å². The van der Waals surface area contributed by atoms with Gasteiger partial charge in [0.2, 0.25) is 0 Å². The van der Waals surface area contributed by atoms with Crippen molar-refractivity contribution in [2.75, 3.05) is 13.2 Å². The highest BCUT2D eigenvalue weighted by Crippen LogP contribution is 2.40. The Labute approximate surface area is 154 Å². The zero-order chi connectivity index (χ0) is 18.9. The number of aliphatic hydroxyl groups is 2. The van der Waals surface area contributed by atoms with Crippen LogP contribution in [-0.2, 0) is 20.7 Å². The smallest absolute Gasteiger partial charge is 0.199 e. The summed E-state index contributed by atoms with van der Waals surface area (Å²) < 4.78 is 10.2. The summed E-state index contributed by atoms with van der Waals surface area (Å²) >= 11 is 0. The van der Waals surface area contributed by atoms with Gasteiger partial charge in [0.05, 0.1) is 13.2 Å². The van der Waals surface area contributed by atoms with Gasteiger partial charge in [0.1, 0.15) is 12.2 Å². The zero-order valence-corrected chi connectivity index (χ0v) is 14.9. The number of rotatable bonds is 5. The minimum Gasteiger partial charge on any atom is -0.447 e. The molecule has 2 N–H and O–H groups in total. The molecule has 0 bridgehead atoms. The molecule has 0 saturated carbocycles. The Hall–Kier alpha value is -2.92. The summed E-state index contributed by atoms with van der Waals surface area (Å²) in [6, 6.07) is 17.4. The normalized spacial score (nSPS) is 14.5. The van der Waals surface area contributed by atoms with E-state index < -0.39 is 11.2 Å². The van der Waals surface area contributed by atoms with Crippen LogP contribution in [0.15, 0.2) is 60.7 Å². The zero-order valence-electron chi connectivity index (χ0n) is 14.9. The summed E-state index contributed by atoms with van der Waals surface area (Å²) in [4.78, 5) is 0. The second kappa shape index (κ2) is 8.97. The van der Waals surface area contributed by atoms with E-state index in [1.165, 1.54) is 0 Å². The molecule has 0 aliphatic rings. The summed E-state index contributed by atoms with van der Waals surface area (Å²) in [6.07, 6.45) is 4.94. The van der Waals surface area contributed by atoms with Crippen molar-refractivity contribution in [1.29, 1.82) is 0 Å². The molecule has 0 spiro atoms. The van der Waals surface area contributed by atoms with E-state index in [1.807, 2.05) is 12.1 Å². The van der Waals surface area contributed by atoms with Gasteiger partial charge in [-0.1, -0.05) is 60.7 Å². The van der Waals surface area contributed by atoms with E-state index in [1.54, 1.807) is 62.4 Å². The van der Waals surface area contributed by atoms with Crippen molar-refractivity contribution in [2.45, 2.75) is 25.0 Å². The van der Waals surface area contributed by atoms with Crippen molar-refractivity contribution >= 4 is 0 Å². The highest BCUT2D eigenvalue weighted by molar-refractivity contribution is 5.46. The summed E-state index contributed by atoms with van der Waals surface area (Å²) in [6.45, 7) is 4.28. The Bertz CT molecular complexity index is 740. The van der Waals surface area contributed by atoms with Crippen molar-refractivity contribution in [2.24, 2.45) is 0 Å². The lowest BCUT2D eigenvalue weighted by Crippen LogP contribution is -2.48. The SMILES string of the molecule is CCOC#CC(O)(c1ccccc1)C(O)(C#COCC)c1ccccc1. The van der Waals surface area contributed by atoms with Crippen molar-refractivity contribution in [3.63, 3.8) is 0 Å². The number of ether oxygens (including phenoxy) is 2. The van der Waals surface area contributed by atoms with E-state index in [0.29, 0.717) is 24.3 Å². The summed E-state index contributed by atoms with van der Waals surface area (Å²) in [5.74, 6) is 5.31. The maximum absolute atomic E-state index is 11.5. The largest absolute Gasteiger partial charge is 0.447 e. The summed E-state index contributed by atoms with van der Waals surface area (Å²) in [5, 5.41) is 23.0. The van der Waals surface area contributed by atoms with Gasteiger partial charge in [0.25, 0.3) is 0 Å². The Morgan fingerprint density at radius 3 is 1.35 bits per heavy atom. The molecule has 134 valence electrons. The Morgan fingerprint density at radius 2 is 1.04 bits per heavy atom. The lowest BCUT2D eigenvalue weighted by atomic mass is 9.74. The minimum absolute atomic E-state index is 0.353. The van der Waals surface area contributed by atoms with Crippen LogP contribution in [0.4, 0.5) is 0 Å². The fourth-order valence-electron chi connectivity index (χ4n) is 2.47. The molecule has 0 amide bonds. The first kappa shape index (κ1) is 19.4. The summed E-state index contributed by atoms with van der Waals surface area (Å²) in [7, 11) is 0. The highest BCUT2D eigenvalue weighted by atomic mass is 16.5. The van der Waals surface area contributed by atoms with Crippen LogP contribution in [0.5, 0.6) is 0 Å². The molecule has 2 unspecified atom stereocenters. The van der Waals surface area contributed by atoms with Gasteiger partial charge in [-0.15, -0.1) is 0 Å². The average Bonchev–Trinajstić information content (AvgIpc) is 2.69. The first-order valence-electron chi connectivity index (χ1n) is 8.42. The van der Waals surface area contributed by atoms with Gasteiger partial charge in [-0.25, -0.2) is 0 Å². The molecule has 0 heterocycles. The molecule has 2 rings (SSSR count). The molecule has 2 aromatic rings. The minimum atomic E-state index is -2.03. The van der Waals surface area contributed by atoms with Gasteiger partial charge in [0, 0.05) is 11.1 Å². The first-order chi connectivity index (χ1) is 12.6.